The Labute approximate surface area is 137 Å². The summed E-state index contributed by atoms with van der Waals surface area (Å²) in [4.78, 5) is 23.7. The van der Waals surface area contributed by atoms with Crippen molar-refractivity contribution < 1.29 is 9.18 Å². The van der Waals surface area contributed by atoms with Gasteiger partial charge in [-0.2, -0.15) is 4.98 Å². The van der Waals surface area contributed by atoms with Crippen molar-refractivity contribution in [1.29, 1.82) is 0 Å². The van der Waals surface area contributed by atoms with E-state index in [0.717, 1.165) is 0 Å². The van der Waals surface area contributed by atoms with Crippen LogP contribution in [0.3, 0.4) is 0 Å². The van der Waals surface area contributed by atoms with Gasteiger partial charge in [-0.3, -0.25) is 4.79 Å². The fourth-order valence-corrected chi connectivity index (χ4v) is 2.88. The van der Waals surface area contributed by atoms with E-state index >= 15 is 0 Å². The van der Waals surface area contributed by atoms with Gasteiger partial charge in [0.1, 0.15) is 22.8 Å². The number of anilines is 3. The molecule has 0 saturated carbocycles. The SMILES string of the molecule is CN(c1cc(Cl)nc(N)n1)[C@H]1CCN(c2ccccc2F)C1=O. The first-order valence-corrected chi connectivity index (χ1v) is 7.44. The Balaban J connectivity index is 1.85. The smallest absolute Gasteiger partial charge is 0.249 e. The van der Waals surface area contributed by atoms with Crippen LogP contribution in [-0.2, 0) is 4.79 Å². The first-order chi connectivity index (χ1) is 11.0. The van der Waals surface area contributed by atoms with E-state index in [-0.39, 0.29) is 22.7 Å². The third-order valence-corrected chi connectivity index (χ3v) is 4.04. The van der Waals surface area contributed by atoms with Crippen molar-refractivity contribution in [3.8, 4) is 0 Å². The van der Waals surface area contributed by atoms with Gasteiger partial charge in [0.25, 0.3) is 0 Å². The highest BCUT2D eigenvalue weighted by molar-refractivity contribution is 6.29. The molecule has 1 amide bonds. The molecule has 8 heteroatoms. The molecular weight excluding hydrogens is 321 g/mol. The number of benzene rings is 1. The summed E-state index contributed by atoms with van der Waals surface area (Å²) in [5.41, 5.74) is 5.88. The van der Waals surface area contributed by atoms with Crippen LogP contribution in [-0.4, -0.2) is 35.5 Å². The predicted molar refractivity (Wildman–Crippen MR) is 87.0 cm³/mol. The van der Waals surface area contributed by atoms with Gasteiger partial charge in [-0.25, -0.2) is 9.37 Å². The van der Waals surface area contributed by atoms with Crippen LogP contribution in [0.4, 0.5) is 21.8 Å². The largest absolute Gasteiger partial charge is 0.368 e. The summed E-state index contributed by atoms with van der Waals surface area (Å²) in [6.07, 6.45) is 0.547. The second-order valence-corrected chi connectivity index (χ2v) is 5.65. The number of halogens is 2. The number of para-hydroxylation sites is 1. The van der Waals surface area contributed by atoms with E-state index in [2.05, 4.69) is 9.97 Å². The zero-order valence-electron chi connectivity index (χ0n) is 12.4. The average molecular weight is 336 g/mol. The standard InChI is InChI=1S/C15H15ClFN5O/c1-21(13-8-12(16)19-15(18)20-13)11-6-7-22(14(11)23)10-5-3-2-4-9(10)17/h2-5,8,11H,6-7H2,1H3,(H2,18,19,20)/t11-/m0/s1. The molecule has 2 aromatic rings. The maximum Gasteiger partial charge on any atom is 0.249 e. The third-order valence-electron chi connectivity index (χ3n) is 3.85. The van der Waals surface area contributed by atoms with Crippen LogP contribution in [0.2, 0.25) is 5.15 Å². The Kier molecular flexibility index (Phi) is 4.04. The molecule has 120 valence electrons. The molecule has 0 spiro atoms. The lowest BCUT2D eigenvalue weighted by Crippen LogP contribution is -2.40. The summed E-state index contributed by atoms with van der Waals surface area (Å²) in [6, 6.07) is 7.30. The summed E-state index contributed by atoms with van der Waals surface area (Å²) in [5, 5.41) is 0.204. The molecular formula is C15H15ClFN5O. The van der Waals surface area contributed by atoms with Crippen molar-refractivity contribution in [3.63, 3.8) is 0 Å². The predicted octanol–water partition coefficient (Wildman–Crippen LogP) is 2.09. The number of hydrogen-bond acceptors (Lipinski definition) is 5. The molecule has 1 saturated heterocycles. The Morgan fingerprint density at radius 3 is 2.83 bits per heavy atom. The molecule has 23 heavy (non-hydrogen) atoms. The highest BCUT2D eigenvalue weighted by atomic mass is 35.5. The molecule has 6 nitrogen and oxygen atoms in total. The molecule has 2 N–H and O–H groups in total. The van der Waals surface area contributed by atoms with Crippen molar-refractivity contribution >= 4 is 35.0 Å². The summed E-state index contributed by atoms with van der Waals surface area (Å²) in [6.45, 7) is 0.434. The number of nitrogens with zero attached hydrogens (tertiary/aromatic N) is 4. The molecule has 0 aliphatic carbocycles. The molecule has 0 bridgehead atoms. The summed E-state index contributed by atoms with van der Waals surface area (Å²) >= 11 is 5.88. The van der Waals surface area contributed by atoms with E-state index in [0.29, 0.717) is 18.8 Å². The molecule has 1 atom stereocenters. The molecule has 0 radical (unpaired) electrons. The molecule has 2 heterocycles. The van der Waals surface area contributed by atoms with Crippen LogP contribution in [0.25, 0.3) is 0 Å². The van der Waals surface area contributed by atoms with Crippen molar-refractivity contribution in [3.05, 3.63) is 41.3 Å². The lowest BCUT2D eigenvalue weighted by atomic mass is 10.2. The van der Waals surface area contributed by atoms with Crippen LogP contribution in [0.15, 0.2) is 30.3 Å². The van der Waals surface area contributed by atoms with Gasteiger partial charge in [0, 0.05) is 19.7 Å². The lowest BCUT2D eigenvalue weighted by molar-refractivity contribution is -0.118. The Morgan fingerprint density at radius 1 is 1.39 bits per heavy atom. The maximum absolute atomic E-state index is 13.9. The van der Waals surface area contributed by atoms with Gasteiger partial charge in [-0.05, 0) is 18.6 Å². The highest BCUT2D eigenvalue weighted by Gasteiger charge is 2.37. The summed E-state index contributed by atoms with van der Waals surface area (Å²) in [5.74, 6) is -0.114. The fourth-order valence-electron chi connectivity index (χ4n) is 2.70. The Morgan fingerprint density at radius 2 is 2.13 bits per heavy atom. The molecule has 1 aliphatic rings. The minimum Gasteiger partial charge on any atom is -0.368 e. The first-order valence-electron chi connectivity index (χ1n) is 7.06. The fraction of sp³-hybridized carbons (Fsp3) is 0.267. The van der Waals surface area contributed by atoms with E-state index in [4.69, 9.17) is 17.3 Å². The van der Waals surface area contributed by atoms with E-state index in [1.165, 1.54) is 17.0 Å². The summed E-state index contributed by atoms with van der Waals surface area (Å²) < 4.78 is 13.9. The van der Waals surface area contributed by atoms with Crippen LogP contribution in [0, 0.1) is 5.82 Å². The topological polar surface area (TPSA) is 75.4 Å². The zero-order valence-corrected chi connectivity index (χ0v) is 13.2. The third kappa shape index (κ3) is 2.92. The van der Waals surface area contributed by atoms with Gasteiger partial charge in [-0.15, -0.1) is 0 Å². The molecule has 3 rings (SSSR count). The van der Waals surface area contributed by atoms with Gasteiger partial charge in [0.2, 0.25) is 11.9 Å². The van der Waals surface area contributed by atoms with E-state index in [1.54, 1.807) is 30.1 Å². The van der Waals surface area contributed by atoms with Crippen LogP contribution in [0.1, 0.15) is 6.42 Å². The second-order valence-electron chi connectivity index (χ2n) is 5.26. The number of carbonyl (C=O) groups excluding carboxylic acids is 1. The zero-order chi connectivity index (χ0) is 16.6. The minimum atomic E-state index is -0.458. The van der Waals surface area contributed by atoms with Gasteiger partial charge < -0.3 is 15.5 Å². The molecule has 1 fully saturated rings. The quantitative estimate of drug-likeness (QED) is 0.869. The van der Waals surface area contributed by atoms with Crippen molar-refractivity contribution in [1.82, 2.24) is 9.97 Å². The number of amides is 1. The van der Waals surface area contributed by atoms with Crippen LogP contribution < -0.4 is 15.5 Å². The van der Waals surface area contributed by atoms with Crippen LogP contribution >= 0.6 is 11.6 Å². The monoisotopic (exact) mass is 335 g/mol. The number of nitrogens with two attached hydrogens (primary N) is 1. The van der Waals surface area contributed by atoms with Crippen molar-refractivity contribution in [2.45, 2.75) is 12.5 Å². The number of rotatable bonds is 3. The minimum absolute atomic E-state index is 0.0377. The number of carbonyl (C=O) groups is 1. The van der Waals surface area contributed by atoms with Gasteiger partial charge in [0.15, 0.2) is 0 Å². The van der Waals surface area contributed by atoms with Crippen molar-refractivity contribution in [2.75, 3.05) is 29.1 Å². The molecule has 1 aliphatic heterocycles. The molecule has 1 aromatic heterocycles. The normalized spacial score (nSPS) is 17.6. The average Bonchev–Trinajstić information content (AvgIpc) is 2.87. The van der Waals surface area contributed by atoms with E-state index in [9.17, 15) is 9.18 Å². The number of nitrogen functional groups attached to an aromatic ring is 1. The maximum atomic E-state index is 13.9. The van der Waals surface area contributed by atoms with E-state index < -0.39 is 11.9 Å². The van der Waals surface area contributed by atoms with Gasteiger partial charge >= 0.3 is 0 Å². The summed E-state index contributed by atoms with van der Waals surface area (Å²) in [7, 11) is 1.73. The number of likely N-dealkylation sites (N-methyl/N-ethyl adjacent to an activating group) is 1. The number of hydrogen-bond donors (Lipinski definition) is 1. The highest BCUT2D eigenvalue weighted by Crippen LogP contribution is 2.28. The first kappa shape index (κ1) is 15.5. The molecule has 0 unspecified atom stereocenters. The van der Waals surface area contributed by atoms with Gasteiger partial charge in [-0.1, -0.05) is 23.7 Å². The lowest BCUT2D eigenvalue weighted by Gasteiger charge is -2.25. The molecule has 1 aromatic carbocycles. The van der Waals surface area contributed by atoms with Crippen LogP contribution in [0.5, 0.6) is 0 Å². The number of aromatic nitrogens is 2. The second kappa shape index (κ2) is 6.00. The van der Waals surface area contributed by atoms with Gasteiger partial charge in [0.05, 0.1) is 5.69 Å². The van der Waals surface area contributed by atoms with Crippen molar-refractivity contribution in [2.24, 2.45) is 0 Å². The van der Waals surface area contributed by atoms with E-state index in [1.807, 2.05) is 0 Å². The Bertz CT molecular complexity index is 736. The Hall–Kier alpha value is -2.41.